The molecule has 0 aromatic carbocycles. The van der Waals surface area contributed by atoms with Gasteiger partial charge in [0.05, 0.1) is 0 Å². The number of hydrogen-bond donors (Lipinski definition) is 0. The van der Waals surface area contributed by atoms with Gasteiger partial charge in [0.2, 0.25) is 0 Å². The molecule has 0 rings (SSSR count). The number of hydrogen-bond acceptors (Lipinski definition) is 4. The van der Waals surface area contributed by atoms with E-state index >= 15 is 0 Å². The molecule has 0 aromatic heterocycles. The molecule has 0 radical (unpaired) electrons. The van der Waals surface area contributed by atoms with Crippen LogP contribution < -0.4 is 10.2 Å². The van der Waals surface area contributed by atoms with Crippen molar-refractivity contribution in [1.29, 1.82) is 0 Å². The number of halogens is 2. The Morgan fingerprint density at radius 3 is 1.15 bits per heavy atom. The Labute approximate surface area is 117 Å². The number of alkyl halides is 2. The van der Waals surface area contributed by atoms with E-state index in [-0.39, 0.29) is 32.3 Å². The van der Waals surface area contributed by atoms with Crippen LogP contribution in [0.25, 0.3) is 0 Å². The van der Waals surface area contributed by atoms with Gasteiger partial charge < -0.3 is 19.8 Å². The van der Waals surface area contributed by atoms with Crippen LogP contribution in [-0.4, -0.2) is 20.8 Å². The second-order valence-corrected chi connectivity index (χ2v) is 3.78. The fraction of sp³-hybridized carbons (Fsp3) is 0.667. The van der Waals surface area contributed by atoms with E-state index in [4.69, 9.17) is 0 Å². The SMILES string of the molecule is O=C([O-])CCI.O=C([O-])CCI.[Zn+2]. The summed E-state index contributed by atoms with van der Waals surface area (Å²) < 4.78 is 1.28. The van der Waals surface area contributed by atoms with Gasteiger partial charge in [-0.1, -0.05) is 45.2 Å². The zero-order valence-corrected chi connectivity index (χ0v) is 14.2. The molecule has 0 aliphatic heterocycles. The summed E-state index contributed by atoms with van der Waals surface area (Å²) in [4.78, 5) is 19.0. The predicted octanol–water partition coefficient (Wildman–Crippen LogP) is -0.880. The maximum Gasteiger partial charge on any atom is 2.00 e. The van der Waals surface area contributed by atoms with E-state index in [1.807, 2.05) is 45.2 Å². The van der Waals surface area contributed by atoms with Crippen LogP contribution in [0.3, 0.4) is 0 Å². The summed E-state index contributed by atoms with van der Waals surface area (Å²) in [6.07, 6.45) is 0.334. The number of carbonyl (C=O) groups excluding carboxylic acids is 2. The first-order valence-electron chi connectivity index (χ1n) is 3.06. The van der Waals surface area contributed by atoms with Crippen LogP contribution in [0.1, 0.15) is 12.8 Å². The minimum Gasteiger partial charge on any atom is -0.550 e. The van der Waals surface area contributed by atoms with Crippen LogP contribution in [0.4, 0.5) is 0 Å². The van der Waals surface area contributed by atoms with Crippen LogP contribution in [-0.2, 0) is 29.1 Å². The van der Waals surface area contributed by atoms with Crippen molar-refractivity contribution >= 4 is 57.1 Å². The van der Waals surface area contributed by atoms with E-state index in [0.29, 0.717) is 8.86 Å². The monoisotopic (exact) mass is 462 g/mol. The zero-order valence-electron chi connectivity index (χ0n) is 6.92. The van der Waals surface area contributed by atoms with Crippen molar-refractivity contribution in [2.75, 3.05) is 8.86 Å². The van der Waals surface area contributed by atoms with Gasteiger partial charge in [-0.3, -0.25) is 0 Å². The molecule has 13 heavy (non-hydrogen) atoms. The number of carboxylic acid groups (broad SMARTS) is 2. The van der Waals surface area contributed by atoms with Gasteiger partial charge >= 0.3 is 19.5 Å². The van der Waals surface area contributed by atoms with Gasteiger partial charge in [-0.2, -0.15) is 0 Å². The largest absolute Gasteiger partial charge is 2.00 e. The van der Waals surface area contributed by atoms with Gasteiger partial charge in [0.25, 0.3) is 0 Å². The first-order valence-corrected chi connectivity index (χ1v) is 6.11. The number of rotatable bonds is 4. The Balaban J connectivity index is -0.000000143. The molecule has 0 spiro atoms. The Morgan fingerprint density at radius 2 is 1.15 bits per heavy atom. The Kier molecular flexibility index (Phi) is 23.3. The van der Waals surface area contributed by atoms with E-state index < -0.39 is 11.9 Å². The zero-order chi connectivity index (χ0) is 9.98. The summed E-state index contributed by atoms with van der Waals surface area (Å²) in [5.41, 5.74) is 0. The van der Waals surface area contributed by atoms with Crippen LogP contribution in [0, 0.1) is 0 Å². The van der Waals surface area contributed by atoms with Gasteiger partial charge in [-0.05, 0) is 12.8 Å². The van der Waals surface area contributed by atoms with Crippen molar-refractivity contribution < 1.29 is 39.3 Å². The third-order valence-electron chi connectivity index (χ3n) is 0.597. The molecule has 72 valence electrons. The van der Waals surface area contributed by atoms with Gasteiger partial charge in [0.15, 0.2) is 0 Å². The Morgan fingerprint density at radius 1 is 0.923 bits per heavy atom. The quantitative estimate of drug-likeness (QED) is 0.308. The molecule has 7 heteroatoms. The molecule has 0 amide bonds. The molecule has 0 saturated heterocycles. The first kappa shape index (κ1) is 19.6. The molecule has 0 N–H and O–H groups in total. The van der Waals surface area contributed by atoms with E-state index in [1.54, 1.807) is 0 Å². The molecule has 0 aliphatic rings. The van der Waals surface area contributed by atoms with Crippen molar-refractivity contribution in [2.45, 2.75) is 12.8 Å². The van der Waals surface area contributed by atoms with E-state index in [1.165, 1.54) is 0 Å². The first-order chi connectivity index (χ1) is 5.54. The molecule has 0 bridgehead atoms. The van der Waals surface area contributed by atoms with Crippen LogP contribution in [0.5, 0.6) is 0 Å². The molecular weight excluding hydrogens is 455 g/mol. The van der Waals surface area contributed by atoms with E-state index in [9.17, 15) is 19.8 Å². The summed E-state index contributed by atoms with van der Waals surface area (Å²) >= 11 is 3.96. The standard InChI is InChI=1S/2C3H5IO2.Zn/c2*4-2-1-3(5)6;/h2*1-2H2,(H,5,6);/q;;+2/p-2. The number of carbonyl (C=O) groups is 2. The van der Waals surface area contributed by atoms with Crippen molar-refractivity contribution in [2.24, 2.45) is 0 Å². The van der Waals surface area contributed by atoms with Crippen LogP contribution >= 0.6 is 45.2 Å². The smallest absolute Gasteiger partial charge is 0.550 e. The summed E-state index contributed by atoms with van der Waals surface area (Å²) in [5.74, 6) is -1.94. The fourth-order valence-corrected chi connectivity index (χ4v) is 1.04. The fourth-order valence-electron chi connectivity index (χ4n) is 0.154. The van der Waals surface area contributed by atoms with Crippen molar-refractivity contribution in [3.05, 3.63) is 0 Å². The van der Waals surface area contributed by atoms with Crippen molar-refractivity contribution in [1.82, 2.24) is 0 Å². The van der Waals surface area contributed by atoms with Gasteiger partial charge in [0, 0.05) is 20.8 Å². The summed E-state index contributed by atoms with van der Waals surface area (Å²) in [7, 11) is 0. The minimum atomic E-state index is -0.968. The average Bonchev–Trinajstić information content (AvgIpc) is 1.87. The van der Waals surface area contributed by atoms with Gasteiger partial charge in [-0.15, -0.1) is 0 Å². The van der Waals surface area contributed by atoms with Crippen LogP contribution in [0.2, 0.25) is 0 Å². The summed E-state index contributed by atoms with van der Waals surface area (Å²) in [5, 5.41) is 19.0. The Hall–Kier alpha value is 1.02. The third kappa shape index (κ3) is 32.1. The molecular formula is C6H8I2O4Zn. The second kappa shape index (κ2) is 15.5. The average molecular weight is 463 g/mol. The molecule has 0 saturated carbocycles. The molecule has 4 nitrogen and oxygen atoms in total. The van der Waals surface area contributed by atoms with Crippen molar-refractivity contribution in [3.8, 4) is 0 Å². The van der Waals surface area contributed by atoms with Crippen molar-refractivity contribution in [3.63, 3.8) is 0 Å². The van der Waals surface area contributed by atoms with Gasteiger partial charge in [0.1, 0.15) is 0 Å². The summed E-state index contributed by atoms with van der Waals surface area (Å²) in [6, 6.07) is 0. The normalized spacial score (nSPS) is 7.54. The topological polar surface area (TPSA) is 80.3 Å². The predicted molar refractivity (Wildman–Crippen MR) is 57.0 cm³/mol. The number of carboxylic acids is 2. The molecule has 0 aromatic rings. The maximum absolute atomic E-state index is 9.48. The van der Waals surface area contributed by atoms with Gasteiger partial charge in [-0.25, -0.2) is 0 Å². The van der Waals surface area contributed by atoms with Crippen LogP contribution in [0.15, 0.2) is 0 Å². The Bertz CT molecular complexity index is 127. The molecule has 0 heterocycles. The molecule has 0 aliphatic carbocycles. The molecule has 0 unspecified atom stereocenters. The van der Waals surface area contributed by atoms with E-state index in [0.717, 1.165) is 0 Å². The second-order valence-electron chi connectivity index (χ2n) is 1.62. The molecule has 0 fully saturated rings. The summed E-state index contributed by atoms with van der Waals surface area (Å²) in [6.45, 7) is 0. The number of aliphatic carboxylic acids is 2. The molecule has 0 atom stereocenters. The maximum atomic E-state index is 9.48. The van der Waals surface area contributed by atoms with E-state index in [2.05, 4.69) is 0 Å². The minimum absolute atomic E-state index is 0. The third-order valence-corrected chi connectivity index (χ3v) is 1.68.